The highest BCUT2D eigenvalue weighted by atomic mass is 79.9. The zero-order valence-corrected chi connectivity index (χ0v) is 11.3. The number of hydrogen-bond acceptors (Lipinski definition) is 2. The van der Waals surface area contributed by atoms with Crippen molar-refractivity contribution in [3.63, 3.8) is 0 Å². The maximum atomic E-state index is 3.63. The van der Waals surface area contributed by atoms with Crippen LogP contribution >= 0.6 is 15.9 Å². The number of hydrogen-bond donors (Lipinski definition) is 1. The molecule has 1 heterocycles. The van der Waals surface area contributed by atoms with Crippen molar-refractivity contribution in [1.29, 1.82) is 0 Å². The van der Waals surface area contributed by atoms with Crippen LogP contribution in [0.5, 0.6) is 0 Å². The topological polar surface area (TPSA) is 15.3 Å². The Kier molecular flexibility index (Phi) is 4.24. The van der Waals surface area contributed by atoms with E-state index < -0.39 is 0 Å². The maximum Gasteiger partial charge on any atom is 0.0511 e. The summed E-state index contributed by atoms with van der Waals surface area (Å²) in [4.78, 5) is 2.47. The molecule has 1 aromatic carbocycles. The van der Waals surface area contributed by atoms with Gasteiger partial charge >= 0.3 is 0 Å². The summed E-state index contributed by atoms with van der Waals surface area (Å²) in [5, 5.41) is 3.55. The van der Waals surface area contributed by atoms with E-state index >= 15 is 0 Å². The summed E-state index contributed by atoms with van der Waals surface area (Å²) in [6.45, 7) is 5.53. The van der Waals surface area contributed by atoms with Gasteiger partial charge in [0, 0.05) is 23.6 Å². The van der Waals surface area contributed by atoms with Crippen LogP contribution in [-0.4, -0.2) is 25.7 Å². The lowest BCUT2D eigenvalue weighted by Gasteiger charge is -2.35. The molecule has 0 radical (unpaired) electrons. The zero-order chi connectivity index (χ0) is 11.4. The minimum Gasteiger partial charge on any atom is -0.369 e. The number of nitrogens with zero attached hydrogens (tertiary/aromatic N) is 1. The lowest BCUT2D eigenvalue weighted by Crippen LogP contribution is -2.45. The molecule has 1 atom stereocenters. The van der Waals surface area contributed by atoms with Crippen molar-refractivity contribution in [1.82, 2.24) is 5.32 Å². The van der Waals surface area contributed by atoms with Gasteiger partial charge in [0.25, 0.3) is 0 Å². The van der Waals surface area contributed by atoms with Crippen molar-refractivity contribution >= 4 is 21.6 Å². The van der Waals surface area contributed by atoms with E-state index in [-0.39, 0.29) is 0 Å². The van der Waals surface area contributed by atoms with Crippen molar-refractivity contribution < 1.29 is 0 Å². The van der Waals surface area contributed by atoms with Gasteiger partial charge in [0.05, 0.1) is 5.69 Å². The molecule has 1 fully saturated rings. The summed E-state index contributed by atoms with van der Waals surface area (Å²) in [7, 11) is 0. The SMILES string of the molecule is CCNC1CCCN(c2ccccc2Br)C1. The van der Waals surface area contributed by atoms with Crippen molar-refractivity contribution in [2.75, 3.05) is 24.5 Å². The van der Waals surface area contributed by atoms with Gasteiger partial charge in [0.2, 0.25) is 0 Å². The van der Waals surface area contributed by atoms with Gasteiger partial charge in [-0.3, -0.25) is 0 Å². The lowest BCUT2D eigenvalue weighted by molar-refractivity contribution is 0.431. The average molecular weight is 283 g/mol. The van der Waals surface area contributed by atoms with E-state index in [0.717, 1.165) is 13.1 Å². The van der Waals surface area contributed by atoms with Gasteiger partial charge in [-0.05, 0) is 47.4 Å². The molecule has 1 unspecified atom stereocenters. The molecule has 16 heavy (non-hydrogen) atoms. The highest BCUT2D eigenvalue weighted by Crippen LogP contribution is 2.28. The van der Waals surface area contributed by atoms with Gasteiger partial charge in [-0.1, -0.05) is 19.1 Å². The van der Waals surface area contributed by atoms with Gasteiger partial charge in [0.15, 0.2) is 0 Å². The molecule has 1 N–H and O–H groups in total. The molecule has 2 rings (SSSR count). The minimum absolute atomic E-state index is 0.644. The van der Waals surface area contributed by atoms with Crippen molar-refractivity contribution in [2.45, 2.75) is 25.8 Å². The lowest BCUT2D eigenvalue weighted by atomic mass is 10.0. The average Bonchev–Trinajstić information content (AvgIpc) is 2.30. The third-order valence-corrected chi connectivity index (χ3v) is 3.78. The minimum atomic E-state index is 0.644. The second-order valence-corrected chi connectivity index (χ2v) is 5.15. The summed E-state index contributed by atoms with van der Waals surface area (Å²) in [6.07, 6.45) is 2.58. The number of rotatable bonds is 3. The number of piperidine rings is 1. The van der Waals surface area contributed by atoms with Crippen LogP contribution < -0.4 is 10.2 Å². The highest BCUT2D eigenvalue weighted by molar-refractivity contribution is 9.10. The Morgan fingerprint density at radius 1 is 1.44 bits per heavy atom. The summed E-state index contributed by atoms with van der Waals surface area (Å²) in [5.41, 5.74) is 1.32. The van der Waals surface area contributed by atoms with Gasteiger partial charge in [-0.15, -0.1) is 0 Å². The highest BCUT2D eigenvalue weighted by Gasteiger charge is 2.20. The summed E-state index contributed by atoms with van der Waals surface area (Å²) < 4.78 is 1.20. The maximum absolute atomic E-state index is 3.63. The first-order chi connectivity index (χ1) is 7.81. The Bertz CT molecular complexity index is 338. The second-order valence-electron chi connectivity index (χ2n) is 4.29. The predicted octanol–water partition coefficient (Wildman–Crippen LogP) is 3.03. The van der Waals surface area contributed by atoms with Gasteiger partial charge < -0.3 is 10.2 Å². The quantitative estimate of drug-likeness (QED) is 0.917. The van der Waals surface area contributed by atoms with Crippen LogP contribution in [0.3, 0.4) is 0 Å². The van der Waals surface area contributed by atoms with E-state index in [1.54, 1.807) is 0 Å². The Balaban J connectivity index is 2.07. The molecule has 0 bridgehead atoms. The Hall–Kier alpha value is -0.540. The number of likely N-dealkylation sites (N-methyl/N-ethyl adjacent to an activating group) is 1. The second kappa shape index (κ2) is 5.69. The van der Waals surface area contributed by atoms with Crippen LogP contribution in [0, 0.1) is 0 Å². The Morgan fingerprint density at radius 2 is 2.25 bits per heavy atom. The largest absolute Gasteiger partial charge is 0.369 e. The van der Waals surface area contributed by atoms with Crippen LogP contribution in [0.1, 0.15) is 19.8 Å². The molecule has 0 spiro atoms. The first kappa shape index (κ1) is 11.9. The van der Waals surface area contributed by atoms with Crippen molar-refractivity contribution in [2.24, 2.45) is 0 Å². The number of nitrogens with one attached hydrogen (secondary N) is 1. The summed E-state index contributed by atoms with van der Waals surface area (Å²) >= 11 is 3.63. The van der Waals surface area contributed by atoms with E-state index in [0.29, 0.717) is 6.04 Å². The molecule has 2 nitrogen and oxygen atoms in total. The number of para-hydroxylation sites is 1. The molecule has 1 aliphatic heterocycles. The summed E-state index contributed by atoms with van der Waals surface area (Å²) in [5.74, 6) is 0. The molecule has 0 amide bonds. The molecule has 0 aliphatic carbocycles. The predicted molar refractivity (Wildman–Crippen MR) is 73.1 cm³/mol. The van der Waals surface area contributed by atoms with Crippen molar-refractivity contribution in [3.8, 4) is 0 Å². The van der Waals surface area contributed by atoms with Crippen LogP contribution in [0.25, 0.3) is 0 Å². The monoisotopic (exact) mass is 282 g/mol. The number of halogens is 1. The molecular formula is C13H19BrN2. The molecular weight excluding hydrogens is 264 g/mol. The summed E-state index contributed by atoms with van der Waals surface area (Å²) in [6, 6.07) is 9.13. The number of anilines is 1. The smallest absolute Gasteiger partial charge is 0.0511 e. The van der Waals surface area contributed by atoms with E-state index in [1.807, 2.05) is 0 Å². The number of benzene rings is 1. The fourth-order valence-electron chi connectivity index (χ4n) is 2.36. The van der Waals surface area contributed by atoms with Gasteiger partial charge in [-0.25, -0.2) is 0 Å². The molecule has 1 aliphatic rings. The van der Waals surface area contributed by atoms with E-state index in [1.165, 1.54) is 29.5 Å². The third kappa shape index (κ3) is 2.77. The fraction of sp³-hybridized carbons (Fsp3) is 0.538. The van der Waals surface area contributed by atoms with Crippen LogP contribution in [0.4, 0.5) is 5.69 Å². The van der Waals surface area contributed by atoms with E-state index in [9.17, 15) is 0 Å². The first-order valence-corrected chi connectivity index (χ1v) is 6.83. The molecule has 3 heteroatoms. The Labute approximate surface area is 106 Å². The first-order valence-electron chi connectivity index (χ1n) is 6.04. The molecule has 1 saturated heterocycles. The van der Waals surface area contributed by atoms with E-state index in [2.05, 4.69) is 57.3 Å². The molecule has 0 aromatic heterocycles. The zero-order valence-electron chi connectivity index (χ0n) is 9.75. The van der Waals surface area contributed by atoms with E-state index in [4.69, 9.17) is 0 Å². The van der Waals surface area contributed by atoms with Crippen LogP contribution in [0.2, 0.25) is 0 Å². The molecule has 88 valence electrons. The molecule has 0 saturated carbocycles. The fourth-order valence-corrected chi connectivity index (χ4v) is 2.89. The molecule has 1 aromatic rings. The van der Waals surface area contributed by atoms with Gasteiger partial charge in [0.1, 0.15) is 0 Å². The third-order valence-electron chi connectivity index (χ3n) is 3.11. The van der Waals surface area contributed by atoms with Crippen molar-refractivity contribution in [3.05, 3.63) is 28.7 Å². The van der Waals surface area contributed by atoms with Gasteiger partial charge in [-0.2, -0.15) is 0 Å². The normalized spacial score (nSPS) is 21.1. The standard InChI is InChI=1S/C13H19BrN2/c1-2-15-11-6-5-9-16(10-11)13-8-4-3-7-12(13)14/h3-4,7-8,11,15H,2,5-6,9-10H2,1H3. The Morgan fingerprint density at radius 3 is 3.00 bits per heavy atom. The van der Waals surface area contributed by atoms with Crippen LogP contribution in [0.15, 0.2) is 28.7 Å². The van der Waals surface area contributed by atoms with Crippen LogP contribution in [-0.2, 0) is 0 Å².